The SMILES string of the molecule is CCc1nncn1CCNC(=NCC1CCCCO1)N(C)Cc1ccc(C)cc1. The normalized spacial score (nSPS) is 17.3. The topological polar surface area (TPSA) is 67.6 Å². The third-order valence-corrected chi connectivity index (χ3v) is 5.27. The minimum Gasteiger partial charge on any atom is -0.376 e. The molecule has 1 atom stereocenters. The van der Waals surface area contributed by atoms with Crippen LogP contribution in [0.2, 0.25) is 0 Å². The zero-order valence-electron chi connectivity index (χ0n) is 18.0. The second kappa shape index (κ2) is 11.0. The molecule has 1 aromatic carbocycles. The molecule has 29 heavy (non-hydrogen) atoms. The summed E-state index contributed by atoms with van der Waals surface area (Å²) in [6.07, 6.45) is 6.40. The lowest BCUT2D eigenvalue weighted by Crippen LogP contribution is -2.40. The fourth-order valence-corrected chi connectivity index (χ4v) is 3.52. The number of benzene rings is 1. The van der Waals surface area contributed by atoms with Crippen molar-refractivity contribution in [1.82, 2.24) is 25.0 Å². The van der Waals surface area contributed by atoms with E-state index >= 15 is 0 Å². The summed E-state index contributed by atoms with van der Waals surface area (Å²) in [4.78, 5) is 7.07. The maximum atomic E-state index is 5.86. The van der Waals surface area contributed by atoms with Gasteiger partial charge in [0.05, 0.1) is 12.6 Å². The van der Waals surface area contributed by atoms with E-state index in [4.69, 9.17) is 9.73 Å². The molecular formula is C22H34N6O. The number of nitrogens with zero attached hydrogens (tertiary/aromatic N) is 5. The Labute approximate surface area is 174 Å². The number of aromatic nitrogens is 3. The van der Waals surface area contributed by atoms with Gasteiger partial charge in [0.25, 0.3) is 0 Å². The summed E-state index contributed by atoms with van der Waals surface area (Å²) in [5.41, 5.74) is 2.55. The van der Waals surface area contributed by atoms with Gasteiger partial charge >= 0.3 is 0 Å². The molecule has 1 aliphatic heterocycles. The number of ether oxygens (including phenoxy) is 1. The van der Waals surface area contributed by atoms with Crippen LogP contribution in [-0.2, 0) is 24.2 Å². The lowest BCUT2D eigenvalue weighted by molar-refractivity contribution is 0.0223. The quantitative estimate of drug-likeness (QED) is 0.547. The lowest BCUT2D eigenvalue weighted by Gasteiger charge is -2.25. The molecule has 0 saturated carbocycles. The summed E-state index contributed by atoms with van der Waals surface area (Å²) in [7, 11) is 2.09. The van der Waals surface area contributed by atoms with Crippen LogP contribution < -0.4 is 5.32 Å². The van der Waals surface area contributed by atoms with Crippen LogP contribution in [0.3, 0.4) is 0 Å². The van der Waals surface area contributed by atoms with Crippen LogP contribution in [0.25, 0.3) is 0 Å². The first-order valence-electron chi connectivity index (χ1n) is 10.7. The van der Waals surface area contributed by atoms with E-state index in [0.717, 1.165) is 57.3 Å². The van der Waals surface area contributed by atoms with Crippen LogP contribution in [0.1, 0.15) is 43.1 Å². The van der Waals surface area contributed by atoms with Gasteiger partial charge in [-0.25, -0.2) is 0 Å². The zero-order chi connectivity index (χ0) is 20.5. The summed E-state index contributed by atoms with van der Waals surface area (Å²) >= 11 is 0. The maximum Gasteiger partial charge on any atom is 0.194 e. The Balaban J connectivity index is 1.62. The highest BCUT2D eigenvalue weighted by atomic mass is 16.5. The molecule has 0 amide bonds. The van der Waals surface area contributed by atoms with E-state index in [9.17, 15) is 0 Å². The van der Waals surface area contributed by atoms with Crippen molar-refractivity contribution in [2.24, 2.45) is 4.99 Å². The number of aliphatic imine (C=N–C) groups is 1. The average molecular weight is 399 g/mol. The van der Waals surface area contributed by atoms with Crippen LogP contribution >= 0.6 is 0 Å². The van der Waals surface area contributed by atoms with Crippen molar-refractivity contribution in [3.8, 4) is 0 Å². The fourth-order valence-electron chi connectivity index (χ4n) is 3.52. The monoisotopic (exact) mass is 398 g/mol. The molecule has 7 heteroatoms. The highest BCUT2D eigenvalue weighted by Crippen LogP contribution is 2.13. The van der Waals surface area contributed by atoms with Crippen LogP contribution in [-0.4, -0.2) is 58.5 Å². The van der Waals surface area contributed by atoms with Gasteiger partial charge in [-0.05, 0) is 31.7 Å². The number of hydrogen-bond donors (Lipinski definition) is 1. The number of nitrogens with one attached hydrogen (secondary N) is 1. The molecule has 0 radical (unpaired) electrons. The molecule has 0 aliphatic carbocycles. The van der Waals surface area contributed by atoms with Crippen LogP contribution in [0.5, 0.6) is 0 Å². The highest BCUT2D eigenvalue weighted by molar-refractivity contribution is 5.79. The Kier molecular flexibility index (Phi) is 8.04. The second-order valence-electron chi connectivity index (χ2n) is 7.72. The highest BCUT2D eigenvalue weighted by Gasteiger charge is 2.15. The molecule has 1 fully saturated rings. The van der Waals surface area contributed by atoms with Gasteiger partial charge in [-0.1, -0.05) is 36.8 Å². The molecular weight excluding hydrogens is 364 g/mol. The van der Waals surface area contributed by atoms with Gasteiger partial charge in [-0.15, -0.1) is 10.2 Å². The van der Waals surface area contributed by atoms with Crippen LogP contribution in [0.4, 0.5) is 0 Å². The lowest BCUT2D eigenvalue weighted by atomic mass is 10.1. The van der Waals surface area contributed by atoms with E-state index in [-0.39, 0.29) is 6.10 Å². The van der Waals surface area contributed by atoms with Crippen molar-refractivity contribution in [2.45, 2.75) is 58.7 Å². The summed E-state index contributed by atoms with van der Waals surface area (Å²) in [5, 5.41) is 11.7. The molecule has 1 aliphatic rings. The predicted molar refractivity (Wildman–Crippen MR) is 116 cm³/mol. The molecule has 3 rings (SSSR count). The van der Waals surface area contributed by atoms with Crippen LogP contribution in [0.15, 0.2) is 35.6 Å². The van der Waals surface area contributed by atoms with Crippen molar-refractivity contribution in [3.63, 3.8) is 0 Å². The van der Waals surface area contributed by atoms with Gasteiger partial charge < -0.3 is 19.5 Å². The molecule has 0 bridgehead atoms. The van der Waals surface area contributed by atoms with E-state index in [2.05, 4.69) is 70.1 Å². The molecule has 2 aromatic rings. The molecule has 1 unspecified atom stereocenters. The third kappa shape index (κ3) is 6.56. The first kappa shape index (κ1) is 21.3. The van der Waals surface area contributed by atoms with Gasteiger partial charge in [-0.3, -0.25) is 4.99 Å². The van der Waals surface area contributed by atoms with Crippen molar-refractivity contribution in [1.29, 1.82) is 0 Å². The van der Waals surface area contributed by atoms with E-state index in [1.54, 1.807) is 6.33 Å². The summed E-state index contributed by atoms with van der Waals surface area (Å²) < 4.78 is 7.95. The molecule has 158 valence electrons. The maximum absolute atomic E-state index is 5.86. The number of rotatable bonds is 8. The minimum atomic E-state index is 0.234. The summed E-state index contributed by atoms with van der Waals surface area (Å²) in [5.74, 6) is 1.92. The molecule has 1 N–H and O–H groups in total. The van der Waals surface area contributed by atoms with E-state index in [0.29, 0.717) is 6.54 Å². The molecule has 0 spiro atoms. The van der Waals surface area contributed by atoms with Crippen molar-refractivity contribution < 1.29 is 4.74 Å². The Morgan fingerprint density at radius 1 is 1.31 bits per heavy atom. The Morgan fingerprint density at radius 3 is 2.86 bits per heavy atom. The molecule has 1 aromatic heterocycles. The van der Waals surface area contributed by atoms with Crippen LogP contribution in [0, 0.1) is 6.92 Å². The van der Waals surface area contributed by atoms with Gasteiger partial charge in [0.1, 0.15) is 12.2 Å². The second-order valence-corrected chi connectivity index (χ2v) is 7.72. The predicted octanol–water partition coefficient (Wildman–Crippen LogP) is 2.80. The molecule has 7 nitrogen and oxygen atoms in total. The first-order chi connectivity index (χ1) is 14.2. The van der Waals surface area contributed by atoms with E-state index in [1.807, 2.05) is 0 Å². The van der Waals surface area contributed by atoms with Gasteiger partial charge in [0.2, 0.25) is 0 Å². The minimum absolute atomic E-state index is 0.234. The smallest absolute Gasteiger partial charge is 0.194 e. The largest absolute Gasteiger partial charge is 0.376 e. The number of guanidine groups is 1. The third-order valence-electron chi connectivity index (χ3n) is 5.27. The van der Waals surface area contributed by atoms with Crippen molar-refractivity contribution in [2.75, 3.05) is 26.7 Å². The Hall–Kier alpha value is -2.41. The van der Waals surface area contributed by atoms with Gasteiger partial charge in [-0.2, -0.15) is 0 Å². The Morgan fingerprint density at radius 2 is 2.14 bits per heavy atom. The summed E-state index contributed by atoms with van der Waals surface area (Å²) in [6.45, 7) is 8.16. The van der Waals surface area contributed by atoms with Gasteiger partial charge in [0, 0.05) is 39.7 Å². The average Bonchev–Trinajstić information content (AvgIpc) is 3.20. The summed E-state index contributed by atoms with van der Waals surface area (Å²) in [6, 6.07) is 8.67. The standard InChI is InChI=1S/C22H34N6O/c1-4-21-26-25-17-28(21)13-12-23-22(24-15-20-7-5-6-14-29-20)27(3)16-19-10-8-18(2)9-11-19/h8-11,17,20H,4-7,12-16H2,1-3H3,(H,23,24). The van der Waals surface area contributed by atoms with E-state index in [1.165, 1.54) is 17.5 Å². The van der Waals surface area contributed by atoms with Crippen molar-refractivity contribution >= 4 is 5.96 Å². The van der Waals surface area contributed by atoms with Crippen molar-refractivity contribution in [3.05, 3.63) is 47.5 Å². The Bertz CT molecular complexity index is 764. The van der Waals surface area contributed by atoms with E-state index < -0.39 is 0 Å². The molecule has 2 heterocycles. The molecule has 1 saturated heterocycles. The number of hydrogen-bond acceptors (Lipinski definition) is 4. The first-order valence-corrected chi connectivity index (χ1v) is 10.7. The van der Waals surface area contributed by atoms with Gasteiger partial charge in [0.15, 0.2) is 5.96 Å². The fraction of sp³-hybridized carbons (Fsp3) is 0.591. The zero-order valence-corrected chi connectivity index (χ0v) is 18.0. The number of aryl methyl sites for hydroxylation is 2.